The van der Waals surface area contributed by atoms with Crippen LogP contribution in [0.3, 0.4) is 0 Å². The first-order valence-corrected chi connectivity index (χ1v) is 9.47. The van der Waals surface area contributed by atoms with Gasteiger partial charge in [0.2, 0.25) is 0 Å². The lowest BCUT2D eigenvalue weighted by molar-refractivity contribution is -0.136. The third-order valence-corrected chi connectivity index (χ3v) is 9.01. The molecule has 4 rings (SSSR count). The molecule has 6 atom stereocenters. The van der Waals surface area contributed by atoms with Crippen LogP contribution in [0.2, 0.25) is 0 Å². The molecule has 4 aliphatic rings. The van der Waals surface area contributed by atoms with Crippen LogP contribution >= 0.6 is 15.9 Å². The van der Waals surface area contributed by atoms with Crippen molar-refractivity contribution in [2.24, 2.45) is 34.5 Å². The number of rotatable bonds is 1. The Morgan fingerprint density at radius 3 is 2.73 bits per heavy atom. The van der Waals surface area contributed by atoms with Crippen molar-refractivity contribution in [1.82, 2.24) is 0 Å². The minimum atomic E-state index is -0.289. The largest absolute Gasteiger partial charge is 0.299 e. The van der Waals surface area contributed by atoms with E-state index >= 15 is 0 Å². The Labute approximate surface area is 141 Å². The summed E-state index contributed by atoms with van der Waals surface area (Å²) in [6, 6.07) is 0. The summed E-state index contributed by atoms with van der Waals surface area (Å²) in [5, 5.41) is 0. The van der Waals surface area contributed by atoms with E-state index in [9.17, 15) is 9.59 Å². The third-order valence-electron chi connectivity index (χ3n) is 7.67. The second kappa shape index (κ2) is 4.34. The number of ketones is 1. The van der Waals surface area contributed by atoms with Crippen LogP contribution in [0.15, 0.2) is 11.6 Å². The molecule has 3 heteroatoms. The highest BCUT2D eigenvalue weighted by Crippen LogP contribution is 2.73. The number of allylic oxidation sites excluding steroid dienone is 2. The van der Waals surface area contributed by atoms with Crippen molar-refractivity contribution in [2.75, 3.05) is 0 Å². The van der Waals surface area contributed by atoms with Gasteiger partial charge >= 0.3 is 0 Å². The minimum absolute atomic E-state index is 0.0546. The molecule has 0 heterocycles. The molecule has 0 aromatic rings. The van der Waals surface area contributed by atoms with Gasteiger partial charge in [0.15, 0.2) is 0 Å². The number of alkyl halides is 1. The number of hydrogen-bond acceptors (Lipinski definition) is 2. The highest BCUT2D eigenvalue weighted by Gasteiger charge is 2.71. The zero-order valence-corrected chi connectivity index (χ0v) is 15.3. The Morgan fingerprint density at radius 1 is 1.32 bits per heavy atom. The fourth-order valence-electron chi connectivity index (χ4n) is 6.50. The predicted molar refractivity (Wildman–Crippen MR) is 89.7 cm³/mol. The van der Waals surface area contributed by atoms with Crippen molar-refractivity contribution in [3.63, 3.8) is 0 Å². The molecule has 0 saturated heterocycles. The van der Waals surface area contributed by atoms with Gasteiger partial charge in [-0.3, -0.25) is 9.59 Å². The van der Waals surface area contributed by atoms with Gasteiger partial charge in [0, 0.05) is 5.92 Å². The van der Waals surface area contributed by atoms with Crippen molar-refractivity contribution in [1.29, 1.82) is 0 Å². The van der Waals surface area contributed by atoms with E-state index in [-0.39, 0.29) is 21.1 Å². The first-order valence-electron chi connectivity index (χ1n) is 8.68. The van der Waals surface area contributed by atoms with E-state index in [4.69, 9.17) is 0 Å². The average Bonchev–Trinajstić information content (AvgIpc) is 2.87. The molecule has 0 aromatic heterocycles. The molecule has 0 amide bonds. The van der Waals surface area contributed by atoms with Crippen molar-refractivity contribution in [2.45, 2.75) is 57.2 Å². The Morgan fingerprint density at radius 2 is 2.05 bits per heavy atom. The van der Waals surface area contributed by atoms with E-state index in [0.29, 0.717) is 30.0 Å². The summed E-state index contributed by atoms with van der Waals surface area (Å²) < 4.78 is -0.289. The SMILES string of the molecule is C[C@@H]1C[C@@H]2[C@H]([C@@H]3CC(C=O)=C[C@]4(Br)CCC[C@]14C3=O)C2(C)C. The number of aldehydes is 1. The highest BCUT2D eigenvalue weighted by atomic mass is 79.9. The lowest BCUT2D eigenvalue weighted by Crippen LogP contribution is -2.50. The van der Waals surface area contributed by atoms with Crippen LogP contribution in [0.4, 0.5) is 0 Å². The quantitative estimate of drug-likeness (QED) is 0.512. The summed E-state index contributed by atoms with van der Waals surface area (Å²) in [7, 11) is 0. The summed E-state index contributed by atoms with van der Waals surface area (Å²) in [6.07, 6.45) is 7.98. The molecule has 2 nitrogen and oxygen atoms in total. The Balaban J connectivity index is 1.91. The van der Waals surface area contributed by atoms with Crippen LogP contribution in [0.25, 0.3) is 0 Å². The summed E-state index contributed by atoms with van der Waals surface area (Å²) >= 11 is 3.96. The van der Waals surface area contributed by atoms with Gasteiger partial charge in [-0.15, -0.1) is 0 Å². The number of fused-ring (bicyclic) bond motifs is 3. The zero-order chi connectivity index (χ0) is 15.9. The van der Waals surface area contributed by atoms with Gasteiger partial charge in [0.25, 0.3) is 0 Å². The molecule has 1 spiro atoms. The number of Topliss-reactive ketones (excluding diaryl/α,β-unsaturated/α-hetero) is 1. The van der Waals surface area contributed by atoms with Crippen molar-refractivity contribution >= 4 is 28.0 Å². The Kier molecular flexibility index (Phi) is 2.98. The van der Waals surface area contributed by atoms with E-state index in [0.717, 1.165) is 37.5 Å². The molecule has 4 aliphatic carbocycles. The molecule has 0 aliphatic heterocycles. The lowest BCUT2D eigenvalue weighted by Gasteiger charge is -2.44. The van der Waals surface area contributed by atoms with Crippen LogP contribution in [0.1, 0.15) is 52.9 Å². The van der Waals surface area contributed by atoms with Gasteiger partial charge in [-0.2, -0.15) is 0 Å². The number of carbonyl (C=O) groups excluding carboxylic acids is 2. The van der Waals surface area contributed by atoms with Crippen LogP contribution in [0, 0.1) is 34.5 Å². The number of halogens is 1. The maximum atomic E-state index is 13.7. The Hall–Kier alpha value is -0.440. The van der Waals surface area contributed by atoms with Gasteiger partial charge < -0.3 is 0 Å². The summed E-state index contributed by atoms with van der Waals surface area (Å²) in [6.45, 7) is 6.91. The highest BCUT2D eigenvalue weighted by molar-refractivity contribution is 9.10. The minimum Gasteiger partial charge on any atom is -0.299 e. The molecule has 0 N–H and O–H groups in total. The van der Waals surface area contributed by atoms with Crippen LogP contribution in [-0.4, -0.2) is 16.4 Å². The Bertz CT molecular complexity index is 592. The maximum Gasteiger partial charge on any atom is 0.145 e. The smallest absolute Gasteiger partial charge is 0.145 e. The zero-order valence-electron chi connectivity index (χ0n) is 13.7. The third kappa shape index (κ3) is 1.57. The van der Waals surface area contributed by atoms with E-state index < -0.39 is 0 Å². The van der Waals surface area contributed by atoms with Crippen molar-refractivity contribution in [3.05, 3.63) is 11.6 Å². The van der Waals surface area contributed by atoms with Gasteiger partial charge in [-0.25, -0.2) is 0 Å². The molecule has 2 bridgehead atoms. The van der Waals surface area contributed by atoms with Gasteiger partial charge in [0.05, 0.1) is 9.74 Å². The topological polar surface area (TPSA) is 34.1 Å². The predicted octanol–water partition coefficient (Wildman–Crippen LogP) is 4.32. The maximum absolute atomic E-state index is 13.7. The summed E-state index contributed by atoms with van der Waals surface area (Å²) in [5.41, 5.74) is 0.822. The first kappa shape index (κ1) is 15.1. The van der Waals surface area contributed by atoms with Crippen LogP contribution in [-0.2, 0) is 9.59 Å². The van der Waals surface area contributed by atoms with E-state index in [1.807, 2.05) is 0 Å². The number of carbonyl (C=O) groups is 2. The molecular weight excluding hydrogens is 340 g/mol. The number of hydrogen-bond donors (Lipinski definition) is 0. The van der Waals surface area contributed by atoms with Gasteiger partial charge in [-0.05, 0) is 54.4 Å². The standard InChI is InChI=1S/C19H25BrO2/c1-11-7-14-15(17(14,2)3)13-8-12(10-21)9-18(20)5-4-6-19(11,18)16(13)22/h9-11,13-15H,4-8H2,1-3H3/t11-,13+,14-,15+,18-,19-/m1/s1. The molecule has 3 saturated carbocycles. The molecule has 22 heavy (non-hydrogen) atoms. The fourth-order valence-corrected chi connectivity index (χ4v) is 7.86. The normalized spacial score (nSPS) is 52.0. The molecule has 0 radical (unpaired) electrons. The lowest BCUT2D eigenvalue weighted by atomic mass is 9.62. The first-order chi connectivity index (χ1) is 10.3. The van der Waals surface area contributed by atoms with Crippen molar-refractivity contribution < 1.29 is 9.59 Å². The average molecular weight is 365 g/mol. The van der Waals surface area contributed by atoms with E-state index in [2.05, 4.69) is 42.8 Å². The molecule has 0 unspecified atom stereocenters. The second-order valence-electron chi connectivity index (χ2n) is 8.79. The fraction of sp³-hybridized carbons (Fsp3) is 0.789. The van der Waals surface area contributed by atoms with E-state index in [1.165, 1.54) is 0 Å². The van der Waals surface area contributed by atoms with Gasteiger partial charge in [0.1, 0.15) is 12.1 Å². The van der Waals surface area contributed by atoms with E-state index in [1.54, 1.807) is 0 Å². The van der Waals surface area contributed by atoms with Crippen LogP contribution in [0.5, 0.6) is 0 Å². The molecular formula is C19H25BrO2. The van der Waals surface area contributed by atoms with Crippen molar-refractivity contribution in [3.8, 4) is 0 Å². The van der Waals surface area contributed by atoms with Gasteiger partial charge in [-0.1, -0.05) is 49.2 Å². The summed E-state index contributed by atoms with van der Waals surface area (Å²) in [4.78, 5) is 25.3. The molecule has 3 fully saturated rings. The second-order valence-corrected chi connectivity index (χ2v) is 10.2. The molecule has 0 aromatic carbocycles. The van der Waals surface area contributed by atoms with Crippen LogP contribution < -0.4 is 0 Å². The molecule has 120 valence electrons. The monoisotopic (exact) mass is 364 g/mol. The summed E-state index contributed by atoms with van der Waals surface area (Å²) in [5.74, 6) is 2.03.